The Balaban J connectivity index is 1.71. The molecule has 0 radical (unpaired) electrons. The molecule has 4 heteroatoms. The van der Waals surface area contributed by atoms with Crippen LogP contribution in [-0.4, -0.2) is 19.3 Å². The maximum absolute atomic E-state index is 11.9. The topological polar surface area (TPSA) is 47.6 Å². The lowest BCUT2D eigenvalue weighted by atomic mass is 10.0. The minimum Gasteiger partial charge on any atom is -0.493 e. The van der Waals surface area contributed by atoms with Gasteiger partial charge in [-0.3, -0.25) is 0 Å². The molecule has 0 aliphatic heterocycles. The van der Waals surface area contributed by atoms with Crippen molar-refractivity contribution in [3.05, 3.63) is 77.9 Å². The van der Waals surface area contributed by atoms with Crippen LogP contribution in [-0.2, 0) is 4.74 Å². The first-order valence-electron chi connectivity index (χ1n) is 9.28. The fraction of sp³-hybridized carbons (Fsp3) is 0.261. The molecule has 0 aliphatic rings. The van der Waals surface area contributed by atoms with Gasteiger partial charge in [-0.05, 0) is 36.4 Å². The van der Waals surface area contributed by atoms with Crippen molar-refractivity contribution in [1.82, 2.24) is 5.32 Å². The summed E-state index contributed by atoms with van der Waals surface area (Å²) in [6.45, 7) is 4.72. The van der Waals surface area contributed by atoms with Crippen molar-refractivity contribution in [2.24, 2.45) is 0 Å². The van der Waals surface area contributed by atoms with Crippen LogP contribution in [0, 0.1) is 6.92 Å². The number of carbonyl (C=O) groups excluding carboxylic acids is 1. The molecule has 1 N–H and O–H groups in total. The zero-order chi connectivity index (χ0) is 19.1. The SMILES string of the molecule is CCOC(=O)NC(CCOc1ccc(C)c2ccccc12)c1ccccc1. The largest absolute Gasteiger partial charge is 0.493 e. The van der Waals surface area contributed by atoms with E-state index in [0.29, 0.717) is 19.6 Å². The van der Waals surface area contributed by atoms with Crippen LogP contribution < -0.4 is 10.1 Å². The number of benzene rings is 3. The van der Waals surface area contributed by atoms with E-state index in [0.717, 1.165) is 16.7 Å². The zero-order valence-electron chi connectivity index (χ0n) is 15.8. The minimum atomic E-state index is -0.410. The lowest BCUT2D eigenvalue weighted by Gasteiger charge is -2.19. The molecule has 3 aromatic rings. The van der Waals surface area contributed by atoms with E-state index >= 15 is 0 Å². The van der Waals surface area contributed by atoms with Gasteiger partial charge in [0.1, 0.15) is 5.75 Å². The number of nitrogens with one attached hydrogen (secondary N) is 1. The normalized spacial score (nSPS) is 11.8. The number of hydrogen-bond acceptors (Lipinski definition) is 3. The van der Waals surface area contributed by atoms with Crippen LogP contribution in [0.3, 0.4) is 0 Å². The van der Waals surface area contributed by atoms with Gasteiger partial charge in [0, 0.05) is 11.8 Å². The third-order valence-corrected chi connectivity index (χ3v) is 4.54. The van der Waals surface area contributed by atoms with Crippen molar-refractivity contribution in [3.63, 3.8) is 0 Å². The Hall–Kier alpha value is -3.01. The highest BCUT2D eigenvalue weighted by Gasteiger charge is 2.15. The Labute approximate surface area is 160 Å². The van der Waals surface area contributed by atoms with E-state index in [2.05, 4.69) is 30.4 Å². The van der Waals surface area contributed by atoms with Crippen LogP contribution in [0.5, 0.6) is 5.75 Å². The van der Waals surface area contributed by atoms with E-state index in [1.165, 1.54) is 10.9 Å². The van der Waals surface area contributed by atoms with Crippen LogP contribution in [0.15, 0.2) is 66.7 Å². The number of hydrogen-bond donors (Lipinski definition) is 1. The second-order valence-corrected chi connectivity index (χ2v) is 6.39. The van der Waals surface area contributed by atoms with Gasteiger partial charge in [0.2, 0.25) is 0 Å². The van der Waals surface area contributed by atoms with Crippen molar-refractivity contribution < 1.29 is 14.3 Å². The highest BCUT2D eigenvalue weighted by Crippen LogP contribution is 2.28. The molecule has 0 spiro atoms. The van der Waals surface area contributed by atoms with E-state index in [-0.39, 0.29) is 6.04 Å². The van der Waals surface area contributed by atoms with Crippen molar-refractivity contribution in [3.8, 4) is 5.75 Å². The Morgan fingerprint density at radius 2 is 1.67 bits per heavy atom. The van der Waals surface area contributed by atoms with Crippen LogP contribution in [0.1, 0.15) is 30.5 Å². The average molecular weight is 363 g/mol. The molecule has 0 bridgehead atoms. The Morgan fingerprint density at radius 1 is 0.963 bits per heavy atom. The number of carbonyl (C=O) groups is 1. The van der Waals surface area contributed by atoms with Gasteiger partial charge < -0.3 is 14.8 Å². The summed E-state index contributed by atoms with van der Waals surface area (Å²) in [4.78, 5) is 11.9. The predicted octanol–water partition coefficient (Wildman–Crippen LogP) is 5.40. The summed E-state index contributed by atoms with van der Waals surface area (Å²) in [7, 11) is 0. The second-order valence-electron chi connectivity index (χ2n) is 6.39. The van der Waals surface area contributed by atoms with Gasteiger partial charge in [0.05, 0.1) is 19.3 Å². The summed E-state index contributed by atoms with van der Waals surface area (Å²) >= 11 is 0. The summed E-state index contributed by atoms with van der Waals surface area (Å²) in [6, 6.07) is 22.0. The third-order valence-electron chi connectivity index (χ3n) is 4.54. The Morgan fingerprint density at radius 3 is 2.41 bits per heavy atom. The molecular weight excluding hydrogens is 338 g/mol. The molecule has 0 fully saturated rings. The lowest BCUT2D eigenvalue weighted by molar-refractivity contribution is 0.146. The number of rotatable bonds is 7. The van der Waals surface area contributed by atoms with Crippen LogP contribution in [0.2, 0.25) is 0 Å². The van der Waals surface area contributed by atoms with Gasteiger partial charge in [-0.2, -0.15) is 0 Å². The lowest BCUT2D eigenvalue weighted by Crippen LogP contribution is -2.30. The quantitative estimate of drug-likeness (QED) is 0.611. The average Bonchev–Trinajstić information content (AvgIpc) is 2.70. The number of amides is 1. The molecule has 27 heavy (non-hydrogen) atoms. The van der Waals surface area contributed by atoms with Gasteiger partial charge in [0.15, 0.2) is 0 Å². The third kappa shape index (κ3) is 4.79. The second kappa shape index (κ2) is 9.08. The van der Waals surface area contributed by atoms with Crippen molar-refractivity contribution in [2.75, 3.05) is 13.2 Å². The number of fused-ring (bicyclic) bond motifs is 1. The van der Waals surface area contributed by atoms with Gasteiger partial charge in [-0.15, -0.1) is 0 Å². The first-order valence-corrected chi connectivity index (χ1v) is 9.28. The Bertz CT molecular complexity index is 893. The maximum Gasteiger partial charge on any atom is 0.407 e. The fourth-order valence-electron chi connectivity index (χ4n) is 3.16. The van der Waals surface area contributed by atoms with Gasteiger partial charge in [0.25, 0.3) is 0 Å². The van der Waals surface area contributed by atoms with E-state index in [9.17, 15) is 4.79 Å². The fourth-order valence-corrected chi connectivity index (χ4v) is 3.16. The molecular formula is C23H25NO3. The van der Waals surface area contributed by atoms with Crippen LogP contribution in [0.4, 0.5) is 4.79 Å². The number of alkyl carbamates (subject to hydrolysis) is 1. The summed E-state index contributed by atoms with van der Waals surface area (Å²) in [5.41, 5.74) is 2.26. The molecule has 140 valence electrons. The van der Waals surface area contributed by atoms with E-state index in [1.54, 1.807) is 6.92 Å². The highest BCUT2D eigenvalue weighted by molar-refractivity contribution is 5.90. The smallest absolute Gasteiger partial charge is 0.407 e. The van der Waals surface area contributed by atoms with Gasteiger partial charge in [-0.25, -0.2) is 4.79 Å². The molecule has 4 nitrogen and oxygen atoms in total. The molecule has 0 aliphatic carbocycles. The Kier molecular flexibility index (Phi) is 6.31. The van der Waals surface area contributed by atoms with E-state index in [1.807, 2.05) is 48.5 Å². The summed E-state index contributed by atoms with van der Waals surface area (Å²) in [5, 5.41) is 5.22. The summed E-state index contributed by atoms with van der Waals surface area (Å²) in [6.07, 6.45) is 0.234. The standard InChI is InChI=1S/C23H25NO3/c1-3-26-23(25)24-21(18-9-5-4-6-10-18)15-16-27-22-14-13-17(2)19-11-7-8-12-20(19)22/h4-14,21H,3,15-16H2,1-2H3,(H,24,25). The predicted molar refractivity (Wildman–Crippen MR) is 108 cm³/mol. The molecule has 1 amide bonds. The zero-order valence-corrected chi connectivity index (χ0v) is 15.8. The van der Waals surface area contributed by atoms with Crippen molar-refractivity contribution in [1.29, 1.82) is 0 Å². The summed E-state index contributed by atoms with van der Waals surface area (Å²) < 4.78 is 11.1. The molecule has 1 atom stereocenters. The number of ether oxygens (including phenoxy) is 2. The molecule has 1 unspecified atom stereocenters. The van der Waals surface area contributed by atoms with Gasteiger partial charge in [-0.1, -0.05) is 60.7 Å². The first-order chi connectivity index (χ1) is 13.2. The molecule has 0 saturated heterocycles. The molecule has 3 rings (SSSR count). The molecule has 0 saturated carbocycles. The molecule has 3 aromatic carbocycles. The summed E-state index contributed by atoms with van der Waals surface area (Å²) in [5.74, 6) is 0.860. The van der Waals surface area contributed by atoms with E-state index < -0.39 is 6.09 Å². The minimum absolute atomic E-state index is 0.165. The van der Waals surface area contributed by atoms with Crippen LogP contribution in [0.25, 0.3) is 10.8 Å². The van der Waals surface area contributed by atoms with E-state index in [4.69, 9.17) is 9.47 Å². The number of aryl methyl sites for hydroxylation is 1. The van der Waals surface area contributed by atoms with Crippen molar-refractivity contribution >= 4 is 16.9 Å². The highest BCUT2D eigenvalue weighted by atomic mass is 16.5. The van der Waals surface area contributed by atoms with Gasteiger partial charge >= 0.3 is 6.09 Å². The maximum atomic E-state index is 11.9. The van der Waals surface area contributed by atoms with Crippen LogP contribution >= 0.6 is 0 Å². The van der Waals surface area contributed by atoms with Crippen molar-refractivity contribution in [2.45, 2.75) is 26.3 Å². The monoisotopic (exact) mass is 363 g/mol. The molecule has 0 aromatic heterocycles. The molecule has 0 heterocycles. The first kappa shape index (κ1) is 18.8.